The van der Waals surface area contributed by atoms with Crippen LogP contribution in [0.25, 0.3) is 21.5 Å². The summed E-state index contributed by atoms with van der Waals surface area (Å²) in [6, 6.07) is 33.6. The molecule has 9 rings (SSSR count). The number of thioether (sulfide) groups is 1. The fraction of sp³-hybridized carbons (Fsp3) is 0.152. The number of fused-ring (bicyclic) bond motifs is 2. The number of carbonyl (C=O) groups excluding carboxylic acids is 2. The number of carbonyl (C=O) groups is 2. The molecule has 1 heterocycles. The van der Waals surface area contributed by atoms with Crippen LogP contribution in [0.3, 0.4) is 0 Å². The van der Waals surface area contributed by atoms with Gasteiger partial charge < -0.3 is 0 Å². The van der Waals surface area contributed by atoms with Crippen LogP contribution >= 0.6 is 11.8 Å². The maximum absolute atomic E-state index is 14.3. The van der Waals surface area contributed by atoms with E-state index in [1.807, 2.05) is 30.5 Å². The van der Waals surface area contributed by atoms with Crippen molar-refractivity contribution in [3.8, 4) is 0 Å². The number of hydrogen-bond donors (Lipinski definition) is 0. The summed E-state index contributed by atoms with van der Waals surface area (Å²) in [5, 5.41) is 4.70. The summed E-state index contributed by atoms with van der Waals surface area (Å²) in [5.74, 6) is -1.20. The lowest BCUT2D eigenvalue weighted by atomic mass is 9.54. The number of imide groups is 1. The third-order valence-corrected chi connectivity index (χ3v) is 9.47. The normalized spacial score (nSPS) is 23.4. The van der Waals surface area contributed by atoms with Gasteiger partial charge in [0.15, 0.2) is 0 Å². The molecule has 2 amide bonds. The zero-order valence-corrected chi connectivity index (χ0v) is 21.0. The van der Waals surface area contributed by atoms with Crippen LogP contribution in [-0.4, -0.2) is 18.1 Å². The Morgan fingerprint density at radius 2 is 0.946 bits per heavy atom. The second kappa shape index (κ2) is 7.56. The van der Waals surface area contributed by atoms with Gasteiger partial charge in [0.25, 0.3) is 0 Å². The van der Waals surface area contributed by atoms with Crippen LogP contribution in [0.5, 0.6) is 0 Å². The van der Waals surface area contributed by atoms with Crippen molar-refractivity contribution in [3.63, 3.8) is 0 Å². The number of benzene rings is 5. The number of nitrogens with zero attached hydrogens (tertiary/aromatic N) is 1. The van der Waals surface area contributed by atoms with Gasteiger partial charge in [-0.1, -0.05) is 84.9 Å². The third kappa shape index (κ3) is 2.74. The zero-order chi connectivity index (χ0) is 24.8. The van der Waals surface area contributed by atoms with E-state index >= 15 is 0 Å². The van der Waals surface area contributed by atoms with Gasteiger partial charge in [-0.05, 0) is 62.2 Å². The molecule has 4 heteroatoms. The highest BCUT2D eigenvalue weighted by Gasteiger charge is 2.62. The smallest absolute Gasteiger partial charge is 0.238 e. The first-order chi connectivity index (χ1) is 18.2. The van der Waals surface area contributed by atoms with Crippen molar-refractivity contribution in [1.82, 2.24) is 0 Å². The molecule has 3 aliphatic carbocycles. The number of anilines is 1. The molecule has 3 nitrogen and oxygen atoms in total. The summed E-state index contributed by atoms with van der Waals surface area (Å²) >= 11 is 1.57. The molecule has 0 N–H and O–H groups in total. The van der Waals surface area contributed by atoms with Crippen molar-refractivity contribution in [3.05, 3.63) is 119 Å². The van der Waals surface area contributed by atoms with Gasteiger partial charge in [0, 0.05) is 16.7 Å². The van der Waals surface area contributed by atoms with Gasteiger partial charge in [-0.15, -0.1) is 11.8 Å². The van der Waals surface area contributed by atoms with E-state index in [-0.39, 0.29) is 23.7 Å². The first-order valence-corrected chi connectivity index (χ1v) is 13.9. The average Bonchev–Trinajstić information content (AvgIpc) is 3.20. The molecule has 4 aliphatic rings. The molecule has 5 aromatic carbocycles. The lowest BCUT2D eigenvalue weighted by molar-refractivity contribution is -0.122. The molecule has 2 bridgehead atoms. The monoisotopic (exact) mass is 497 g/mol. The third-order valence-electron chi connectivity index (χ3n) is 8.69. The molecule has 0 radical (unpaired) electrons. The van der Waals surface area contributed by atoms with Gasteiger partial charge in [-0.25, -0.2) is 4.90 Å². The molecule has 0 spiro atoms. The van der Waals surface area contributed by atoms with Crippen molar-refractivity contribution in [2.75, 3.05) is 11.2 Å². The van der Waals surface area contributed by atoms with Crippen LogP contribution in [0.15, 0.2) is 102 Å². The van der Waals surface area contributed by atoms with Crippen LogP contribution in [0.1, 0.15) is 34.1 Å². The molecule has 0 saturated carbocycles. The van der Waals surface area contributed by atoms with Crippen LogP contribution < -0.4 is 4.90 Å². The van der Waals surface area contributed by atoms with E-state index in [0.717, 1.165) is 4.90 Å². The molecule has 1 aliphatic heterocycles. The SMILES string of the molecule is CSc1ccccc1N1C(=O)[C@@H]2C3c4cc5ccccc5cc4C(c4cc5ccccc5cc43)[C@@H]2C1=O. The Morgan fingerprint density at radius 3 is 1.35 bits per heavy atom. The van der Waals surface area contributed by atoms with Crippen molar-refractivity contribution in [2.45, 2.75) is 16.7 Å². The van der Waals surface area contributed by atoms with Gasteiger partial charge in [0.2, 0.25) is 11.8 Å². The van der Waals surface area contributed by atoms with Gasteiger partial charge >= 0.3 is 0 Å². The zero-order valence-electron chi connectivity index (χ0n) is 20.2. The van der Waals surface area contributed by atoms with Crippen molar-refractivity contribution in [2.24, 2.45) is 11.8 Å². The van der Waals surface area contributed by atoms with Crippen LogP contribution in [-0.2, 0) is 9.59 Å². The molecule has 1 saturated heterocycles. The maximum Gasteiger partial charge on any atom is 0.238 e. The fourth-order valence-electron chi connectivity index (χ4n) is 7.20. The molecular formula is C33H23NO2S. The number of hydrogen-bond acceptors (Lipinski definition) is 3. The minimum Gasteiger partial charge on any atom is -0.274 e. The Balaban J connectivity index is 1.41. The van der Waals surface area contributed by atoms with E-state index in [1.54, 1.807) is 11.8 Å². The molecule has 1 fully saturated rings. The van der Waals surface area contributed by atoms with E-state index in [1.165, 1.54) is 48.7 Å². The van der Waals surface area contributed by atoms with Gasteiger partial charge in [-0.3, -0.25) is 9.59 Å². The number of rotatable bonds is 2. The summed E-state index contributed by atoms with van der Waals surface area (Å²) in [6.07, 6.45) is 1.99. The second-order valence-electron chi connectivity index (χ2n) is 10.3. The predicted octanol–water partition coefficient (Wildman–Crippen LogP) is 7.11. The van der Waals surface area contributed by atoms with Crippen LogP contribution in [0, 0.1) is 11.8 Å². The van der Waals surface area contributed by atoms with E-state index in [4.69, 9.17) is 0 Å². The minimum atomic E-state index is -0.394. The summed E-state index contributed by atoms with van der Waals surface area (Å²) < 4.78 is 0. The quantitative estimate of drug-likeness (QED) is 0.193. The van der Waals surface area contributed by atoms with Crippen molar-refractivity contribution >= 4 is 50.8 Å². The topological polar surface area (TPSA) is 37.4 Å². The molecular weight excluding hydrogens is 474 g/mol. The van der Waals surface area contributed by atoms with Crippen LogP contribution in [0.4, 0.5) is 5.69 Å². The summed E-state index contributed by atoms with van der Waals surface area (Å²) in [4.78, 5) is 30.9. The number of amides is 2. The predicted molar refractivity (Wildman–Crippen MR) is 149 cm³/mol. The average molecular weight is 498 g/mol. The Labute approximate surface area is 219 Å². The van der Waals surface area contributed by atoms with Crippen LogP contribution in [0.2, 0.25) is 0 Å². The molecule has 0 unspecified atom stereocenters. The summed E-state index contributed by atoms with van der Waals surface area (Å²) in [7, 11) is 0. The van der Waals surface area contributed by atoms with Gasteiger partial charge in [-0.2, -0.15) is 0 Å². The molecule has 37 heavy (non-hydrogen) atoms. The Bertz CT molecular complexity index is 1610. The minimum absolute atomic E-state index is 0.0656. The van der Waals surface area contributed by atoms with Crippen molar-refractivity contribution < 1.29 is 9.59 Å². The van der Waals surface area contributed by atoms with Gasteiger partial charge in [0.05, 0.1) is 17.5 Å². The highest BCUT2D eigenvalue weighted by atomic mass is 32.2. The second-order valence-corrected chi connectivity index (χ2v) is 11.2. The molecule has 0 aromatic heterocycles. The standard InChI is InChI=1S/C33H23NO2S/c1-37-27-13-7-6-12-26(27)34-32(35)30-28-22-14-18-8-2-3-9-19(18)15-23(22)29(31(30)33(34)36)25-17-21-11-5-4-10-20(21)16-24(25)28/h2-17,28-31H,1H3/t28?,29?,30-,31+. The Kier molecular flexibility index (Phi) is 4.34. The van der Waals surface area contributed by atoms with E-state index in [0.29, 0.717) is 5.69 Å². The molecule has 2 atom stereocenters. The van der Waals surface area contributed by atoms with E-state index < -0.39 is 11.8 Å². The molecule has 178 valence electrons. The first-order valence-electron chi connectivity index (χ1n) is 12.7. The highest BCUT2D eigenvalue weighted by molar-refractivity contribution is 7.98. The summed E-state index contributed by atoms with van der Waals surface area (Å²) in [6.45, 7) is 0. The highest BCUT2D eigenvalue weighted by Crippen LogP contribution is 2.62. The molecule has 5 aromatic rings. The van der Waals surface area contributed by atoms with E-state index in [9.17, 15) is 9.59 Å². The number of para-hydroxylation sites is 1. The lowest BCUT2D eigenvalue weighted by Crippen LogP contribution is -2.41. The van der Waals surface area contributed by atoms with Crippen molar-refractivity contribution in [1.29, 1.82) is 0 Å². The fourth-order valence-corrected chi connectivity index (χ4v) is 7.79. The Hall–Kier alpha value is -3.89. The van der Waals surface area contributed by atoms with Gasteiger partial charge in [0.1, 0.15) is 0 Å². The lowest BCUT2D eigenvalue weighted by Gasteiger charge is -2.46. The Morgan fingerprint density at radius 1 is 0.568 bits per heavy atom. The first kappa shape index (κ1) is 21.2. The summed E-state index contributed by atoms with van der Waals surface area (Å²) in [5.41, 5.74) is 5.52. The maximum atomic E-state index is 14.3. The largest absolute Gasteiger partial charge is 0.274 e. The van der Waals surface area contributed by atoms with E-state index in [2.05, 4.69) is 72.8 Å².